The van der Waals surface area contributed by atoms with E-state index in [0.717, 1.165) is 10.4 Å². The summed E-state index contributed by atoms with van der Waals surface area (Å²) in [5, 5.41) is 9.01. The number of carboxylic acids is 1. The van der Waals surface area contributed by atoms with Crippen LogP contribution < -0.4 is 0 Å². The summed E-state index contributed by atoms with van der Waals surface area (Å²) in [4.78, 5) is 11.0. The minimum atomic E-state index is -3.76. The van der Waals surface area contributed by atoms with E-state index >= 15 is 0 Å². The minimum Gasteiger partial charge on any atom is -0.478 e. The number of rotatable bonds is 5. The number of aromatic carboxylic acids is 1. The van der Waals surface area contributed by atoms with Crippen molar-refractivity contribution < 1.29 is 18.3 Å². The molecule has 19 heavy (non-hydrogen) atoms. The molecule has 1 N–H and O–H groups in total. The van der Waals surface area contributed by atoms with Gasteiger partial charge in [0.15, 0.2) is 0 Å². The molecule has 0 spiro atoms. The number of halogens is 1. The lowest BCUT2D eigenvalue weighted by Gasteiger charge is -2.18. The normalized spacial score (nSPS) is 11.3. The molecule has 0 saturated carbocycles. The van der Waals surface area contributed by atoms with E-state index in [-0.39, 0.29) is 23.5 Å². The number of carboxylic acid groups (broad SMARTS) is 1. The van der Waals surface area contributed by atoms with Gasteiger partial charge in [-0.15, -0.1) is 6.42 Å². The third kappa shape index (κ3) is 3.46. The summed E-state index contributed by atoms with van der Waals surface area (Å²) in [6.45, 7) is 1.84. The molecule has 1 aromatic carbocycles. The van der Waals surface area contributed by atoms with Crippen molar-refractivity contribution in [2.45, 2.75) is 11.8 Å². The fraction of sp³-hybridized carbons (Fsp3) is 0.250. The Labute approximate surface area is 125 Å². The molecule has 5 nitrogen and oxygen atoms in total. The Morgan fingerprint density at radius 1 is 1.53 bits per heavy atom. The highest BCUT2D eigenvalue weighted by atomic mass is 127. The van der Waals surface area contributed by atoms with Crippen LogP contribution in [0.3, 0.4) is 0 Å². The largest absolute Gasteiger partial charge is 0.478 e. The minimum absolute atomic E-state index is 0.0431. The summed E-state index contributed by atoms with van der Waals surface area (Å²) in [7, 11) is -3.76. The Morgan fingerprint density at radius 3 is 2.63 bits per heavy atom. The van der Waals surface area contributed by atoms with Crippen LogP contribution in [0.25, 0.3) is 0 Å². The topological polar surface area (TPSA) is 74.7 Å². The summed E-state index contributed by atoms with van der Waals surface area (Å²) >= 11 is 1.84. The molecule has 0 atom stereocenters. The molecule has 102 valence electrons. The molecular formula is C12H12INO4S. The lowest BCUT2D eigenvalue weighted by Crippen LogP contribution is -2.31. The van der Waals surface area contributed by atoms with Crippen LogP contribution >= 0.6 is 22.6 Å². The molecule has 0 heterocycles. The van der Waals surface area contributed by atoms with Gasteiger partial charge in [-0.25, -0.2) is 13.2 Å². The summed E-state index contributed by atoms with van der Waals surface area (Å²) < 4.78 is 26.1. The van der Waals surface area contributed by atoms with Crippen molar-refractivity contribution >= 4 is 38.6 Å². The number of nitrogens with zero attached hydrogens (tertiary/aromatic N) is 1. The first kappa shape index (κ1) is 15.9. The number of sulfonamides is 1. The van der Waals surface area contributed by atoms with Crippen molar-refractivity contribution in [3.05, 3.63) is 27.3 Å². The van der Waals surface area contributed by atoms with E-state index in [4.69, 9.17) is 11.5 Å². The zero-order chi connectivity index (χ0) is 14.6. The highest BCUT2D eigenvalue weighted by molar-refractivity contribution is 14.1. The van der Waals surface area contributed by atoms with Gasteiger partial charge in [0.1, 0.15) is 0 Å². The molecule has 0 bridgehead atoms. The Bertz CT molecular complexity index is 634. The molecule has 1 aromatic rings. The van der Waals surface area contributed by atoms with Crippen molar-refractivity contribution in [1.29, 1.82) is 0 Å². The van der Waals surface area contributed by atoms with E-state index in [9.17, 15) is 13.2 Å². The first-order chi connectivity index (χ1) is 8.84. The van der Waals surface area contributed by atoms with E-state index in [1.54, 1.807) is 6.92 Å². The molecule has 0 aliphatic heterocycles. The van der Waals surface area contributed by atoms with Gasteiger partial charge in [-0.05, 0) is 40.8 Å². The van der Waals surface area contributed by atoms with Crippen molar-refractivity contribution in [1.82, 2.24) is 4.31 Å². The fourth-order valence-corrected chi connectivity index (χ4v) is 3.40. The second-order valence-corrected chi connectivity index (χ2v) is 6.68. The van der Waals surface area contributed by atoms with Gasteiger partial charge < -0.3 is 5.11 Å². The van der Waals surface area contributed by atoms with Gasteiger partial charge in [0.25, 0.3) is 0 Å². The summed E-state index contributed by atoms with van der Waals surface area (Å²) in [6, 6.07) is 3.99. The van der Waals surface area contributed by atoms with Crippen molar-refractivity contribution in [3.63, 3.8) is 0 Å². The highest BCUT2D eigenvalue weighted by Crippen LogP contribution is 2.21. The predicted octanol–water partition coefficient (Wildman–Crippen LogP) is 1.63. The molecule has 0 unspecified atom stereocenters. The number of hydrogen-bond donors (Lipinski definition) is 1. The smallest absolute Gasteiger partial charge is 0.336 e. The second kappa shape index (κ2) is 6.36. The van der Waals surface area contributed by atoms with Gasteiger partial charge in [0, 0.05) is 10.1 Å². The fourth-order valence-electron chi connectivity index (χ4n) is 1.45. The summed E-state index contributed by atoms with van der Waals surface area (Å²) in [5.74, 6) is 1.11. The molecule has 0 fully saturated rings. The van der Waals surface area contributed by atoms with Crippen LogP contribution in [0.4, 0.5) is 0 Å². The van der Waals surface area contributed by atoms with Crippen molar-refractivity contribution in [3.8, 4) is 12.3 Å². The average Bonchev–Trinajstić information content (AvgIpc) is 2.35. The molecular weight excluding hydrogens is 381 g/mol. The SMILES string of the molecule is C#CCN(CC)S(=O)(=O)c1ccc(I)c(C(=O)O)c1. The van der Waals surface area contributed by atoms with Crippen LogP contribution in [0.1, 0.15) is 17.3 Å². The quantitative estimate of drug-likeness (QED) is 0.610. The molecule has 0 radical (unpaired) electrons. The zero-order valence-electron chi connectivity index (χ0n) is 10.1. The second-order valence-electron chi connectivity index (χ2n) is 3.58. The van der Waals surface area contributed by atoms with Crippen LogP contribution in [0.15, 0.2) is 23.1 Å². The van der Waals surface area contributed by atoms with Gasteiger partial charge >= 0.3 is 5.97 Å². The van der Waals surface area contributed by atoms with Gasteiger partial charge in [-0.3, -0.25) is 0 Å². The standard InChI is InChI=1S/C12H12INO4S/c1-3-7-14(4-2)19(17,18)9-5-6-11(13)10(8-9)12(15)16/h1,5-6,8H,4,7H2,2H3,(H,15,16). The monoisotopic (exact) mass is 393 g/mol. The lowest BCUT2D eigenvalue weighted by molar-refractivity contribution is 0.0695. The first-order valence-electron chi connectivity index (χ1n) is 5.31. The molecule has 0 aliphatic rings. The summed E-state index contributed by atoms with van der Waals surface area (Å²) in [6.07, 6.45) is 5.13. The van der Waals surface area contributed by atoms with E-state index in [0.29, 0.717) is 3.57 Å². The van der Waals surface area contributed by atoms with Gasteiger partial charge in [-0.1, -0.05) is 12.8 Å². The van der Waals surface area contributed by atoms with Crippen LogP contribution in [0.2, 0.25) is 0 Å². The van der Waals surface area contributed by atoms with Crippen molar-refractivity contribution in [2.75, 3.05) is 13.1 Å². The lowest BCUT2D eigenvalue weighted by atomic mass is 10.2. The highest BCUT2D eigenvalue weighted by Gasteiger charge is 2.24. The maximum atomic E-state index is 12.3. The van der Waals surface area contributed by atoms with Crippen LogP contribution in [-0.4, -0.2) is 36.9 Å². The maximum Gasteiger partial charge on any atom is 0.336 e. The van der Waals surface area contributed by atoms with Crippen LogP contribution in [-0.2, 0) is 10.0 Å². The number of carbonyl (C=O) groups is 1. The Balaban J connectivity index is 3.34. The van der Waals surface area contributed by atoms with E-state index in [1.165, 1.54) is 12.1 Å². The Kier molecular flexibility index (Phi) is 5.34. The third-order valence-corrected chi connectivity index (χ3v) is 5.28. The van der Waals surface area contributed by atoms with Crippen LogP contribution in [0, 0.1) is 15.9 Å². The van der Waals surface area contributed by atoms with Gasteiger partial charge in [0.05, 0.1) is 17.0 Å². The Morgan fingerprint density at radius 2 is 2.16 bits per heavy atom. The first-order valence-corrected chi connectivity index (χ1v) is 7.83. The summed E-state index contributed by atoms with van der Waals surface area (Å²) in [5.41, 5.74) is -0.0431. The van der Waals surface area contributed by atoms with Crippen molar-refractivity contribution in [2.24, 2.45) is 0 Å². The Hall–Kier alpha value is -1.11. The molecule has 0 aromatic heterocycles. The average molecular weight is 393 g/mol. The van der Waals surface area contributed by atoms with Crippen LogP contribution in [0.5, 0.6) is 0 Å². The molecule has 0 amide bonds. The molecule has 7 heteroatoms. The number of terminal acetylenes is 1. The predicted molar refractivity (Wildman–Crippen MR) is 79.4 cm³/mol. The molecule has 1 rings (SSSR count). The zero-order valence-corrected chi connectivity index (χ0v) is 13.1. The third-order valence-electron chi connectivity index (χ3n) is 2.43. The van der Waals surface area contributed by atoms with Gasteiger partial charge in [-0.2, -0.15) is 4.31 Å². The van der Waals surface area contributed by atoms with E-state index in [1.807, 2.05) is 22.6 Å². The maximum absolute atomic E-state index is 12.3. The molecule has 0 aliphatic carbocycles. The van der Waals surface area contributed by atoms with E-state index < -0.39 is 16.0 Å². The molecule has 0 saturated heterocycles. The number of benzene rings is 1. The van der Waals surface area contributed by atoms with E-state index in [2.05, 4.69) is 5.92 Å². The van der Waals surface area contributed by atoms with Gasteiger partial charge in [0.2, 0.25) is 10.0 Å². The number of hydrogen-bond acceptors (Lipinski definition) is 3.